The van der Waals surface area contributed by atoms with Crippen molar-refractivity contribution in [3.05, 3.63) is 101 Å². The van der Waals surface area contributed by atoms with Crippen LogP contribution in [0, 0.1) is 19.7 Å². The van der Waals surface area contributed by atoms with Gasteiger partial charge in [-0.2, -0.15) is 0 Å². The molecule has 0 fully saturated rings. The van der Waals surface area contributed by atoms with Crippen molar-refractivity contribution >= 4 is 27.5 Å². The van der Waals surface area contributed by atoms with Crippen molar-refractivity contribution in [2.75, 3.05) is 23.7 Å². The second kappa shape index (κ2) is 15.5. The molecule has 3 rings (SSSR count). The van der Waals surface area contributed by atoms with Gasteiger partial charge in [0, 0.05) is 32.5 Å². The van der Waals surface area contributed by atoms with Crippen molar-refractivity contribution in [2.45, 2.75) is 65.5 Å². The van der Waals surface area contributed by atoms with Crippen LogP contribution in [-0.4, -0.2) is 50.5 Å². The SMILES string of the molecule is CCCCNC(=O)[C@@H](Cc1ccccc1)N(Cc1ccc(F)cc1)C(=O)CCCN(c1cc(C)cc(C)c1)S(C)(=O)=O. The molecule has 0 aromatic heterocycles. The molecule has 226 valence electrons. The molecule has 2 amide bonds. The molecule has 0 bridgehead atoms. The second-order valence-electron chi connectivity index (χ2n) is 10.8. The maximum atomic E-state index is 13.9. The number of hydrogen-bond donors (Lipinski definition) is 1. The van der Waals surface area contributed by atoms with Gasteiger partial charge in [-0.1, -0.05) is 61.9 Å². The van der Waals surface area contributed by atoms with Crippen molar-refractivity contribution in [1.29, 1.82) is 0 Å². The quantitative estimate of drug-likeness (QED) is 0.234. The van der Waals surface area contributed by atoms with E-state index in [0.29, 0.717) is 24.2 Å². The minimum atomic E-state index is -3.60. The van der Waals surface area contributed by atoms with Crippen LogP contribution in [0.15, 0.2) is 72.8 Å². The normalized spacial score (nSPS) is 12.0. The van der Waals surface area contributed by atoms with E-state index in [1.165, 1.54) is 16.4 Å². The Kier molecular flexibility index (Phi) is 12.1. The summed E-state index contributed by atoms with van der Waals surface area (Å²) in [5, 5.41) is 2.98. The Morgan fingerprint density at radius 3 is 2.14 bits per heavy atom. The van der Waals surface area contributed by atoms with E-state index in [1.807, 2.05) is 69.3 Å². The second-order valence-corrected chi connectivity index (χ2v) is 12.7. The number of carbonyl (C=O) groups excluding carboxylic acids is 2. The lowest BCUT2D eigenvalue weighted by molar-refractivity contribution is -0.141. The first kappa shape index (κ1) is 32.8. The highest BCUT2D eigenvalue weighted by Gasteiger charge is 2.30. The van der Waals surface area contributed by atoms with Gasteiger partial charge in [-0.3, -0.25) is 13.9 Å². The number of anilines is 1. The number of nitrogens with one attached hydrogen (secondary N) is 1. The predicted octanol–water partition coefficient (Wildman–Crippen LogP) is 5.55. The van der Waals surface area contributed by atoms with E-state index in [2.05, 4.69) is 5.32 Å². The topological polar surface area (TPSA) is 86.8 Å². The first-order chi connectivity index (χ1) is 20.0. The molecule has 0 saturated carbocycles. The number of benzene rings is 3. The molecule has 0 aliphatic rings. The number of aryl methyl sites for hydroxylation is 2. The Morgan fingerprint density at radius 1 is 0.905 bits per heavy atom. The smallest absolute Gasteiger partial charge is 0.243 e. The van der Waals surface area contributed by atoms with E-state index in [9.17, 15) is 22.4 Å². The largest absolute Gasteiger partial charge is 0.354 e. The van der Waals surface area contributed by atoms with Gasteiger partial charge in [0.25, 0.3) is 0 Å². The highest BCUT2D eigenvalue weighted by molar-refractivity contribution is 7.92. The number of hydrogen-bond acceptors (Lipinski definition) is 4. The van der Waals surface area contributed by atoms with Crippen molar-refractivity contribution < 1.29 is 22.4 Å². The summed E-state index contributed by atoms with van der Waals surface area (Å²) in [5.74, 6) is -0.919. The van der Waals surface area contributed by atoms with Crippen molar-refractivity contribution in [3.8, 4) is 0 Å². The molecular weight excluding hydrogens is 553 g/mol. The van der Waals surface area contributed by atoms with Gasteiger partial charge >= 0.3 is 0 Å². The molecule has 0 unspecified atom stereocenters. The molecule has 0 heterocycles. The molecular formula is C33H42FN3O4S. The summed E-state index contributed by atoms with van der Waals surface area (Å²) in [6.07, 6.45) is 3.49. The average Bonchev–Trinajstić information content (AvgIpc) is 2.93. The molecule has 7 nitrogen and oxygen atoms in total. The van der Waals surface area contributed by atoms with Crippen molar-refractivity contribution in [2.24, 2.45) is 0 Å². The van der Waals surface area contributed by atoms with Crippen LogP contribution in [0.5, 0.6) is 0 Å². The Bertz CT molecular complexity index is 1410. The fourth-order valence-corrected chi connectivity index (χ4v) is 5.89. The first-order valence-electron chi connectivity index (χ1n) is 14.4. The van der Waals surface area contributed by atoms with E-state index in [1.54, 1.807) is 17.0 Å². The monoisotopic (exact) mass is 595 g/mol. The molecule has 9 heteroatoms. The molecule has 1 atom stereocenters. The number of unbranched alkanes of at least 4 members (excludes halogenated alkanes) is 1. The Hall–Kier alpha value is -3.72. The molecule has 0 radical (unpaired) electrons. The van der Waals surface area contributed by atoms with Gasteiger partial charge in [0.05, 0.1) is 11.9 Å². The third-order valence-electron chi connectivity index (χ3n) is 7.01. The van der Waals surface area contributed by atoms with Crippen LogP contribution < -0.4 is 9.62 Å². The number of amides is 2. The summed E-state index contributed by atoms with van der Waals surface area (Å²) in [6, 6.07) is 20.2. The van der Waals surface area contributed by atoms with Crippen LogP contribution in [0.3, 0.4) is 0 Å². The van der Waals surface area contributed by atoms with Crippen LogP contribution in [-0.2, 0) is 32.6 Å². The molecule has 0 aliphatic carbocycles. The number of rotatable bonds is 15. The van der Waals surface area contributed by atoms with Crippen LogP contribution in [0.25, 0.3) is 0 Å². The van der Waals surface area contributed by atoms with Crippen LogP contribution in [0.4, 0.5) is 10.1 Å². The molecule has 3 aromatic rings. The van der Waals surface area contributed by atoms with E-state index < -0.39 is 16.1 Å². The Morgan fingerprint density at radius 2 is 1.55 bits per heavy atom. The maximum absolute atomic E-state index is 13.9. The number of halogens is 1. The third kappa shape index (κ3) is 9.98. The zero-order valence-electron chi connectivity index (χ0n) is 25.0. The Labute approximate surface area is 249 Å². The maximum Gasteiger partial charge on any atom is 0.243 e. The number of nitrogens with zero attached hydrogens (tertiary/aromatic N) is 2. The van der Waals surface area contributed by atoms with Gasteiger partial charge in [0.2, 0.25) is 21.8 Å². The zero-order valence-corrected chi connectivity index (χ0v) is 25.8. The summed E-state index contributed by atoms with van der Waals surface area (Å²) in [5.41, 5.74) is 4.04. The Balaban J connectivity index is 1.88. The molecule has 0 saturated heterocycles. The number of sulfonamides is 1. The van der Waals surface area contributed by atoms with Crippen LogP contribution >= 0.6 is 0 Å². The zero-order chi connectivity index (χ0) is 30.7. The van der Waals surface area contributed by atoms with Gasteiger partial charge in [-0.25, -0.2) is 12.8 Å². The van der Waals surface area contributed by atoms with Gasteiger partial charge < -0.3 is 10.2 Å². The van der Waals surface area contributed by atoms with E-state index in [4.69, 9.17) is 0 Å². The van der Waals surface area contributed by atoms with Crippen LogP contribution in [0.1, 0.15) is 54.9 Å². The van der Waals surface area contributed by atoms with Gasteiger partial charge in [-0.05, 0) is 73.2 Å². The summed E-state index contributed by atoms with van der Waals surface area (Å²) in [6.45, 7) is 6.58. The predicted molar refractivity (Wildman–Crippen MR) is 166 cm³/mol. The molecule has 0 spiro atoms. The van der Waals surface area contributed by atoms with Gasteiger partial charge in [0.1, 0.15) is 11.9 Å². The third-order valence-corrected chi connectivity index (χ3v) is 8.21. The highest BCUT2D eigenvalue weighted by Crippen LogP contribution is 2.23. The summed E-state index contributed by atoms with van der Waals surface area (Å²) in [4.78, 5) is 28.9. The summed E-state index contributed by atoms with van der Waals surface area (Å²) >= 11 is 0. The van der Waals surface area contributed by atoms with E-state index in [-0.39, 0.29) is 43.6 Å². The van der Waals surface area contributed by atoms with Crippen molar-refractivity contribution in [1.82, 2.24) is 10.2 Å². The molecule has 1 N–H and O–H groups in total. The minimum Gasteiger partial charge on any atom is -0.354 e. The number of carbonyl (C=O) groups is 2. The standard InChI is InChI=1S/C33H42FN3O4S/c1-5-6-18-35-33(39)31(23-27-11-8-7-9-12-27)36(24-28-14-16-29(34)17-15-28)32(38)13-10-19-37(42(4,40)41)30-21-25(2)20-26(3)22-30/h7-9,11-12,14-17,20-22,31H,5-6,10,13,18-19,23-24H2,1-4H3,(H,35,39)/t31-/m1/s1. The molecule has 0 aliphatic heterocycles. The average molecular weight is 596 g/mol. The van der Waals surface area contributed by atoms with E-state index in [0.717, 1.165) is 35.8 Å². The van der Waals surface area contributed by atoms with Crippen molar-refractivity contribution in [3.63, 3.8) is 0 Å². The highest BCUT2D eigenvalue weighted by atomic mass is 32.2. The lowest BCUT2D eigenvalue weighted by atomic mass is 10.0. The summed E-state index contributed by atoms with van der Waals surface area (Å²) < 4.78 is 40.4. The van der Waals surface area contributed by atoms with Gasteiger partial charge in [0.15, 0.2) is 0 Å². The first-order valence-corrected chi connectivity index (χ1v) is 16.2. The lowest BCUT2D eigenvalue weighted by Gasteiger charge is -2.32. The fraction of sp³-hybridized carbons (Fsp3) is 0.394. The lowest BCUT2D eigenvalue weighted by Crippen LogP contribution is -2.50. The molecule has 3 aromatic carbocycles. The fourth-order valence-electron chi connectivity index (χ4n) is 4.95. The summed E-state index contributed by atoms with van der Waals surface area (Å²) in [7, 11) is -3.60. The van der Waals surface area contributed by atoms with E-state index >= 15 is 0 Å². The molecule has 42 heavy (non-hydrogen) atoms. The minimum absolute atomic E-state index is 0.0333. The van der Waals surface area contributed by atoms with Crippen LogP contribution in [0.2, 0.25) is 0 Å². The van der Waals surface area contributed by atoms with Gasteiger partial charge in [-0.15, -0.1) is 0 Å².